The second-order valence-electron chi connectivity index (χ2n) is 5.08. The average molecular weight is 358 g/mol. The molecular weight excluding hydrogens is 346 g/mol. The Morgan fingerprint density at radius 2 is 1.77 bits per heavy atom. The molecule has 0 atom stereocenters. The van der Waals surface area contributed by atoms with E-state index in [4.69, 9.17) is 10.00 Å². The Morgan fingerprint density at radius 1 is 1.08 bits per heavy atom. The molecule has 0 saturated heterocycles. The molecule has 2 rings (SSSR count). The van der Waals surface area contributed by atoms with Crippen LogP contribution in [0.5, 0.6) is 0 Å². The van der Waals surface area contributed by atoms with E-state index in [9.17, 15) is 23.2 Å². The van der Waals surface area contributed by atoms with E-state index in [-0.39, 0.29) is 12.0 Å². The van der Waals surface area contributed by atoms with Crippen LogP contribution in [-0.2, 0) is 9.53 Å². The van der Waals surface area contributed by atoms with Gasteiger partial charge in [0.05, 0.1) is 17.2 Å². The van der Waals surface area contributed by atoms with Gasteiger partial charge in [0.1, 0.15) is 18.1 Å². The summed E-state index contributed by atoms with van der Waals surface area (Å²) in [5.41, 5.74) is -0.0381. The zero-order chi connectivity index (χ0) is 19.1. The van der Waals surface area contributed by atoms with Crippen LogP contribution in [0.2, 0.25) is 0 Å². The van der Waals surface area contributed by atoms with Gasteiger partial charge in [-0.2, -0.15) is 5.26 Å². The maximum absolute atomic E-state index is 13.5. The van der Waals surface area contributed by atoms with E-state index >= 15 is 0 Å². The molecule has 2 aromatic rings. The first kappa shape index (κ1) is 18.7. The number of nitrogens with one attached hydrogen (secondary N) is 1. The monoisotopic (exact) mass is 358 g/mol. The molecule has 0 unspecified atom stereocenters. The Bertz CT molecular complexity index is 889. The van der Waals surface area contributed by atoms with Crippen molar-refractivity contribution in [2.75, 3.05) is 11.9 Å². The van der Waals surface area contributed by atoms with Crippen LogP contribution in [0, 0.1) is 23.0 Å². The van der Waals surface area contributed by atoms with Crippen LogP contribution in [0.25, 0.3) is 0 Å². The number of halogens is 2. The summed E-state index contributed by atoms with van der Waals surface area (Å²) >= 11 is 0. The third-order valence-electron chi connectivity index (χ3n) is 3.21. The van der Waals surface area contributed by atoms with Crippen LogP contribution in [-0.4, -0.2) is 24.3 Å². The van der Waals surface area contributed by atoms with Crippen molar-refractivity contribution in [3.8, 4) is 6.07 Å². The minimum Gasteiger partial charge on any atom is -0.454 e. The minimum absolute atomic E-state index is 0.0933. The number of Topliss-reactive ketones (excluding diaryl/α,β-unsaturated/α-hetero) is 1. The van der Waals surface area contributed by atoms with Crippen LogP contribution < -0.4 is 5.32 Å². The van der Waals surface area contributed by atoms with Crippen molar-refractivity contribution in [3.05, 3.63) is 65.2 Å². The summed E-state index contributed by atoms with van der Waals surface area (Å²) in [6.45, 7) is -0.750. The Labute approximate surface area is 147 Å². The summed E-state index contributed by atoms with van der Waals surface area (Å²) in [6, 6.07) is 9.63. The van der Waals surface area contributed by atoms with Gasteiger partial charge in [0.15, 0.2) is 6.61 Å². The fourth-order valence-electron chi connectivity index (χ4n) is 1.97. The number of rotatable bonds is 6. The lowest BCUT2D eigenvalue weighted by Gasteiger charge is -2.07. The predicted octanol–water partition coefficient (Wildman–Crippen LogP) is 2.86. The molecule has 0 radical (unpaired) electrons. The van der Waals surface area contributed by atoms with E-state index in [1.165, 1.54) is 24.3 Å². The van der Waals surface area contributed by atoms with Gasteiger partial charge in [-0.15, -0.1) is 0 Å². The summed E-state index contributed by atoms with van der Waals surface area (Å²) in [6.07, 6.45) is -0.303. The van der Waals surface area contributed by atoms with Crippen molar-refractivity contribution in [2.45, 2.75) is 6.42 Å². The average Bonchev–Trinajstić information content (AvgIpc) is 2.62. The number of carbonyl (C=O) groups is 3. The number of anilines is 1. The highest BCUT2D eigenvalue weighted by Crippen LogP contribution is 2.13. The molecule has 0 heterocycles. The molecule has 0 saturated carbocycles. The Hall–Kier alpha value is -3.60. The van der Waals surface area contributed by atoms with Gasteiger partial charge in [-0.05, 0) is 42.5 Å². The number of carbonyl (C=O) groups excluding carboxylic acids is 3. The number of nitriles is 1. The molecule has 2 aromatic carbocycles. The lowest BCUT2D eigenvalue weighted by Crippen LogP contribution is -2.16. The molecular formula is C18H12F2N2O4. The second kappa shape index (κ2) is 8.48. The Balaban J connectivity index is 1.95. The highest BCUT2D eigenvalue weighted by atomic mass is 19.1. The number of benzene rings is 2. The fourth-order valence-corrected chi connectivity index (χ4v) is 1.97. The molecule has 1 N–H and O–H groups in total. The van der Waals surface area contributed by atoms with Gasteiger partial charge in [-0.1, -0.05) is 0 Å². The van der Waals surface area contributed by atoms with Crippen LogP contribution in [0.4, 0.5) is 14.5 Å². The molecule has 132 valence electrons. The summed E-state index contributed by atoms with van der Waals surface area (Å²) in [5, 5.41) is 10.9. The number of ether oxygens (including phenoxy) is 1. The van der Waals surface area contributed by atoms with E-state index in [0.29, 0.717) is 5.69 Å². The maximum Gasteiger partial charge on any atom is 0.338 e. The first-order valence-corrected chi connectivity index (χ1v) is 7.33. The molecule has 8 heteroatoms. The van der Waals surface area contributed by atoms with E-state index < -0.39 is 41.5 Å². The second-order valence-corrected chi connectivity index (χ2v) is 5.08. The van der Waals surface area contributed by atoms with Crippen molar-refractivity contribution in [2.24, 2.45) is 0 Å². The molecule has 0 aliphatic heterocycles. The highest BCUT2D eigenvalue weighted by molar-refractivity contribution is 5.99. The lowest BCUT2D eigenvalue weighted by atomic mass is 10.1. The summed E-state index contributed by atoms with van der Waals surface area (Å²) in [5.74, 6) is -3.91. The van der Waals surface area contributed by atoms with Gasteiger partial charge in [0.25, 0.3) is 0 Å². The third-order valence-corrected chi connectivity index (χ3v) is 3.21. The van der Waals surface area contributed by atoms with Crippen LogP contribution in [0.3, 0.4) is 0 Å². The molecule has 0 aliphatic rings. The van der Waals surface area contributed by atoms with E-state index in [0.717, 1.165) is 18.2 Å². The molecule has 0 spiro atoms. The van der Waals surface area contributed by atoms with Crippen LogP contribution in [0.15, 0.2) is 42.5 Å². The Morgan fingerprint density at radius 3 is 2.42 bits per heavy atom. The molecule has 0 aromatic heterocycles. The summed E-state index contributed by atoms with van der Waals surface area (Å²) in [4.78, 5) is 35.0. The molecule has 1 amide bonds. The number of hydrogen-bond acceptors (Lipinski definition) is 5. The number of esters is 1. The zero-order valence-corrected chi connectivity index (χ0v) is 13.3. The van der Waals surface area contributed by atoms with Crippen molar-refractivity contribution >= 4 is 23.3 Å². The third kappa shape index (κ3) is 4.95. The van der Waals surface area contributed by atoms with E-state index in [2.05, 4.69) is 5.32 Å². The first-order valence-electron chi connectivity index (χ1n) is 7.33. The smallest absolute Gasteiger partial charge is 0.338 e. The van der Waals surface area contributed by atoms with E-state index in [1.807, 2.05) is 0 Å². The van der Waals surface area contributed by atoms with Crippen molar-refractivity contribution in [3.63, 3.8) is 0 Å². The largest absolute Gasteiger partial charge is 0.454 e. The summed E-state index contributed by atoms with van der Waals surface area (Å²) in [7, 11) is 0. The van der Waals surface area contributed by atoms with Gasteiger partial charge >= 0.3 is 5.97 Å². The van der Waals surface area contributed by atoms with Gasteiger partial charge < -0.3 is 10.1 Å². The van der Waals surface area contributed by atoms with Crippen molar-refractivity contribution in [1.82, 2.24) is 0 Å². The highest BCUT2D eigenvalue weighted by Gasteiger charge is 2.16. The number of hydrogen-bond donors (Lipinski definition) is 1. The number of amides is 1. The normalized spacial score (nSPS) is 9.88. The quantitative estimate of drug-likeness (QED) is 0.633. The number of ketones is 1. The standard InChI is InChI=1S/C18H12F2N2O4/c19-12-3-6-15(20)14(9-12)16(23)10-26-18(25)11-1-4-13(5-2-11)22-17(24)7-8-21/h1-6,9H,7,10H2,(H,22,24). The van der Waals surface area contributed by atoms with Gasteiger partial charge in [-0.25, -0.2) is 13.6 Å². The lowest BCUT2D eigenvalue weighted by molar-refractivity contribution is -0.115. The Kier molecular flexibility index (Phi) is 6.11. The van der Waals surface area contributed by atoms with Crippen LogP contribution >= 0.6 is 0 Å². The SMILES string of the molecule is N#CCC(=O)Nc1ccc(C(=O)OCC(=O)c2cc(F)ccc2F)cc1. The summed E-state index contributed by atoms with van der Waals surface area (Å²) < 4.78 is 31.4. The van der Waals surface area contributed by atoms with E-state index in [1.54, 1.807) is 6.07 Å². The molecule has 0 bridgehead atoms. The van der Waals surface area contributed by atoms with Gasteiger partial charge in [-0.3, -0.25) is 9.59 Å². The topological polar surface area (TPSA) is 96.3 Å². The first-order chi connectivity index (χ1) is 12.4. The molecule has 0 fully saturated rings. The van der Waals surface area contributed by atoms with Crippen molar-refractivity contribution in [1.29, 1.82) is 5.26 Å². The predicted molar refractivity (Wildman–Crippen MR) is 86.3 cm³/mol. The zero-order valence-electron chi connectivity index (χ0n) is 13.3. The molecule has 6 nitrogen and oxygen atoms in total. The van der Waals surface area contributed by atoms with Crippen molar-refractivity contribution < 1.29 is 27.9 Å². The van der Waals surface area contributed by atoms with Gasteiger partial charge in [0, 0.05) is 5.69 Å². The van der Waals surface area contributed by atoms with Crippen LogP contribution in [0.1, 0.15) is 27.1 Å². The molecule has 26 heavy (non-hydrogen) atoms. The van der Waals surface area contributed by atoms with Gasteiger partial charge in [0.2, 0.25) is 11.7 Å². The minimum atomic E-state index is -0.912. The molecule has 0 aliphatic carbocycles. The maximum atomic E-state index is 13.5. The fraction of sp³-hybridized carbons (Fsp3) is 0.111. The number of nitrogens with zero attached hydrogens (tertiary/aromatic N) is 1.